The van der Waals surface area contributed by atoms with Crippen molar-refractivity contribution in [2.75, 3.05) is 0 Å². The van der Waals surface area contributed by atoms with Gasteiger partial charge in [-0.15, -0.1) is 0 Å². The summed E-state index contributed by atoms with van der Waals surface area (Å²) in [5.74, 6) is -0.468. The minimum atomic E-state index is -0.902. The van der Waals surface area contributed by atoms with Crippen LogP contribution in [0.2, 0.25) is 0 Å². The topological polar surface area (TPSA) is 78.4 Å². The molecule has 0 aliphatic rings. The highest BCUT2D eigenvalue weighted by Crippen LogP contribution is 2.06. The molecule has 2 atom stereocenters. The Labute approximate surface area is 103 Å². The summed E-state index contributed by atoms with van der Waals surface area (Å²) in [5.41, 5.74) is 0. The number of aliphatic carboxylic acids is 1. The number of nitrogens with one attached hydrogen (secondary N) is 2. The molecule has 0 radical (unpaired) electrons. The van der Waals surface area contributed by atoms with Crippen molar-refractivity contribution in [2.24, 2.45) is 11.8 Å². The summed E-state index contributed by atoms with van der Waals surface area (Å²) in [7, 11) is 0. The third-order valence-corrected chi connectivity index (χ3v) is 2.87. The second kappa shape index (κ2) is 7.14. The van der Waals surface area contributed by atoms with Gasteiger partial charge in [-0.25, -0.2) is 4.79 Å². The van der Waals surface area contributed by atoms with Crippen LogP contribution in [0.1, 0.15) is 41.0 Å². The van der Waals surface area contributed by atoms with Crippen LogP contribution in [0.15, 0.2) is 0 Å². The van der Waals surface area contributed by atoms with E-state index in [0.717, 1.165) is 0 Å². The van der Waals surface area contributed by atoms with E-state index in [4.69, 9.17) is 5.11 Å². The zero-order valence-corrected chi connectivity index (χ0v) is 11.3. The monoisotopic (exact) mass is 244 g/mol. The van der Waals surface area contributed by atoms with E-state index in [0.29, 0.717) is 5.92 Å². The lowest BCUT2D eigenvalue weighted by Gasteiger charge is -2.23. The summed E-state index contributed by atoms with van der Waals surface area (Å²) >= 11 is 0. The van der Waals surface area contributed by atoms with Crippen LogP contribution >= 0.6 is 0 Å². The number of amides is 2. The molecule has 0 aliphatic heterocycles. The van der Waals surface area contributed by atoms with Crippen molar-refractivity contribution in [3.05, 3.63) is 0 Å². The van der Waals surface area contributed by atoms with E-state index in [1.165, 1.54) is 0 Å². The number of hydrogen-bond donors (Lipinski definition) is 3. The van der Waals surface area contributed by atoms with Gasteiger partial charge < -0.3 is 15.7 Å². The van der Waals surface area contributed by atoms with Crippen molar-refractivity contribution < 1.29 is 14.7 Å². The minimum absolute atomic E-state index is 0.0544. The molecular weight excluding hydrogens is 220 g/mol. The summed E-state index contributed by atoms with van der Waals surface area (Å²) in [5, 5.41) is 14.2. The standard InChI is InChI=1S/C12H24N2O3/c1-7(2)9(5)13-12(17)14-10(8(3)4)6-11(15)16/h7-10H,6H2,1-5H3,(H,15,16)(H2,13,14,17). The maximum atomic E-state index is 11.6. The molecule has 0 aliphatic carbocycles. The van der Waals surface area contributed by atoms with Crippen LogP contribution in [-0.4, -0.2) is 29.2 Å². The van der Waals surface area contributed by atoms with Crippen LogP contribution in [0.4, 0.5) is 4.79 Å². The van der Waals surface area contributed by atoms with E-state index in [1.54, 1.807) is 0 Å². The van der Waals surface area contributed by atoms with Crippen LogP contribution in [0.25, 0.3) is 0 Å². The molecule has 2 unspecified atom stereocenters. The number of rotatable bonds is 6. The van der Waals surface area contributed by atoms with Gasteiger partial charge in [0.25, 0.3) is 0 Å². The Bertz CT molecular complexity index is 264. The summed E-state index contributed by atoms with van der Waals surface area (Å²) < 4.78 is 0. The van der Waals surface area contributed by atoms with Gasteiger partial charge in [0.05, 0.1) is 6.42 Å². The van der Waals surface area contributed by atoms with E-state index in [9.17, 15) is 9.59 Å². The number of carbonyl (C=O) groups is 2. The molecule has 5 nitrogen and oxygen atoms in total. The van der Waals surface area contributed by atoms with Gasteiger partial charge in [-0.05, 0) is 18.8 Å². The first-order valence-corrected chi connectivity index (χ1v) is 6.02. The van der Waals surface area contributed by atoms with E-state index < -0.39 is 5.97 Å². The van der Waals surface area contributed by atoms with Crippen molar-refractivity contribution in [3.8, 4) is 0 Å². The molecular formula is C12H24N2O3. The number of carboxylic acids is 1. The Morgan fingerprint density at radius 2 is 1.53 bits per heavy atom. The normalized spacial score (nSPS) is 14.5. The van der Waals surface area contributed by atoms with Crippen LogP contribution in [0, 0.1) is 11.8 Å². The maximum absolute atomic E-state index is 11.6. The van der Waals surface area contributed by atoms with E-state index in [1.807, 2.05) is 34.6 Å². The van der Waals surface area contributed by atoms with Gasteiger partial charge >= 0.3 is 12.0 Å². The molecule has 17 heavy (non-hydrogen) atoms. The number of carbonyl (C=O) groups excluding carboxylic acids is 1. The second-order valence-corrected chi connectivity index (χ2v) is 5.10. The maximum Gasteiger partial charge on any atom is 0.315 e. The molecule has 0 aromatic carbocycles. The summed E-state index contributed by atoms with van der Waals surface area (Å²) in [6.07, 6.45) is -0.0544. The lowest BCUT2D eigenvalue weighted by atomic mass is 10.0. The molecule has 0 rings (SSSR count). The Kier molecular flexibility index (Phi) is 6.61. The summed E-state index contributed by atoms with van der Waals surface area (Å²) in [6, 6.07) is -0.578. The Morgan fingerprint density at radius 3 is 1.88 bits per heavy atom. The number of hydrogen-bond acceptors (Lipinski definition) is 2. The minimum Gasteiger partial charge on any atom is -0.481 e. The highest BCUT2D eigenvalue weighted by molar-refractivity contribution is 5.76. The molecule has 100 valence electrons. The average molecular weight is 244 g/mol. The Hall–Kier alpha value is -1.26. The van der Waals surface area contributed by atoms with Gasteiger partial charge in [0, 0.05) is 12.1 Å². The third-order valence-electron chi connectivity index (χ3n) is 2.87. The molecule has 3 N–H and O–H groups in total. The molecule has 0 spiro atoms. The quantitative estimate of drug-likeness (QED) is 0.667. The zero-order chi connectivity index (χ0) is 13.6. The average Bonchev–Trinajstić information content (AvgIpc) is 2.15. The fourth-order valence-electron chi connectivity index (χ4n) is 1.23. The summed E-state index contributed by atoms with van der Waals surface area (Å²) in [6.45, 7) is 9.73. The van der Waals surface area contributed by atoms with E-state index >= 15 is 0 Å². The Morgan fingerprint density at radius 1 is 1.00 bits per heavy atom. The fraction of sp³-hybridized carbons (Fsp3) is 0.833. The molecule has 2 amide bonds. The van der Waals surface area contributed by atoms with Gasteiger partial charge in [-0.1, -0.05) is 27.7 Å². The molecule has 5 heteroatoms. The van der Waals surface area contributed by atoms with E-state index in [-0.39, 0.29) is 30.5 Å². The first kappa shape index (κ1) is 15.7. The first-order valence-electron chi connectivity index (χ1n) is 6.02. The molecule has 0 bridgehead atoms. The van der Waals surface area contributed by atoms with Crippen LogP contribution in [0.3, 0.4) is 0 Å². The summed E-state index contributed by atoms with van der Waals surface area (Å²) in [4.78, 5) is 22.3. The second-order valence-electron chi connectivity index (χ2n) is 5.10. The van der Waals surface area contributed by atoms with Gasteiger partial charge in [0.1, 0.15) is 0 Å². The van der Waals surface area contributed by atoms with Crippen molar-refractivity contribution in [1.82, 2.24) is 10.6 Å². The van der Waals surface area contributed by atoms with Gasteiger partial charge in [0.2, 0.25) is 0 Å². The molecule has 0 saturated heterocycles. The SMILES string of the molecule is CC(C)C(C)NC(=O)NC(CC(=O)O)C(C)C. The molecule has 0 aromatic heterocycles. The van der Waals surface area contributed by atoms with Gasteiger partial charge in [-0.2, -0.15) is 0 Å². The molecule has 0 heterocycles. The highest BCUT2D eigenvalue weighted by Gasteiger charge is 2.20. The van der Waals surface area contributed by atoms with Crippen LogP contribution < -0.4 is 10.6 Å². The van der Waals surface area contributed by atoms with Crippen molar-refractivity contribution in [1.29, 1.82) is 0 Å². The number of carboxylic acid groups (broad SMARTS) is 1. The lowest BCUT2D eigenvalue weighted by Crippen LogP contribution is -2.49. The third kappa shape index (κ3) is 6.81. The van der Waals surface area contributed by atoms with Gasteiger partial charge in [0.15, 0.2) is 0 Å². The van der Waals surface area contributed by atoms with Crippen molar-refractivity contribution in [2.45, 2.75) is 53.1 Å². The van der Waals surface area contributed by atoms with E-state index in [2.05, 4.69) is 10.6 Å². The number of urea groups is 1. The molecule has 0 saturated carbocycles. The predicted molar refractivity (Wildman–Crippen MR) is 66.8 cm³/mol. The largest absolute Gasteiger partial charge is 0.481 e. The lowest BCUT2D eigenvalue weighted by molar-refractivity contribution is -0.137. The van der Waals surface area contributed by atoms with Crippen molar-refractivity contribution in [3.63, 3.8) is 0 Å². The fourth-order valence-corrected chi connectivity index (χ4v) is 1.23. The zero-order valence-electron chi connectivity index (χ0n) is 11.3. The Balaban J connectivity index is 4.26. The predicted octanol–water partition coefficient (Wildman–Crippen LogP) is 1.83. The molecule has 0 fully saturated rings. The molecule has 0 aromatic rings. The van der Waals surface area contributed by atoms with Crippen LogP contribution in [0.5, 0.6) is 0 Å². The highest BCUT2D eigenvalue weighted by atomic mass is 16.4. The smallest absolute Gasteiger partial charge is 0.315 e. The van der Waals surface area contributed by atoms with Gasteiger partial charge in [-0.3, -0.25) is 4.79 Å². The first-order chi connectivity index (χ1) is 7.73. The van der Waals surface area contributed by atoms with Crippen LogP contribution in [-0.2, 0) is 4.79 Å². The van der Waals surface area contributed by atoms with Crippen molar-refractivity contribution >= 4 is 12.0 Å².